The van der Waals surface area contributed by atoms with E-state index in [1.807, 2.05) is 20.8 Å². The Bertz CT molecular complexity index is 361. The van der Waals surface area contributed by atoms with E-state index >= 15 is 0 Å². The number of carbonyl (C=O) groups is 1. The predicted octanol–water partition coefficient (Wildman–Crippen LogP) is 3.75. The van der Waals surface area contributed by atoms with E-state index in [0.717, 1.165) is 5.56 Å². The van der Waals surface area contributed by atoms with Gasteiger partial charge in [0.25, 0.3) is 0 Å². The molecule has 1 amide bonds. The van der Waals surface area contributed by atoms with Gasteiger partial charge in [-0.05, 0) is 32.3 Å². The summed E-state index contributed by atoms with van der Waals surface area (Å²) in [6.45, 7) is 9.56. The molecule has 0 spiro atoms. The zero-order valence-corrected chi connectivity index (χ0v) is 10.5. The summed E-state index contributed by atoms with van der Waals surface area (Å²) in [5.74, 6) is 0.788. The van der Waals surface area contributed by atoms with Crippen LogP contribution in [0.15, 0.2) is 16.7 Å². The van der Waals surface area contributed by atoms with Crippen LogP contribution in [0.2, 0.25) is 0 Å². The third kappa shape index (κ3) is 3.96. The molecule has 0 aliphatic heterocycles. The molecule has 4 heteroatoms. The highest BCUT2D eigenvalue weighted by molar-refractivity contribution is 5.83. The van der Waals surface area contributed by atoms with Crippen molar-refractivity contribution in [3.05, 3.63) is 17.9 Å². The first-order valence-electron chi connectivity index (χ1n) is 5.36. The van der Waals surface area contributed by atoms with Gasteiger partial charge in [0.05, 0.1) is 6.26 Å². The SMILES string of the molecule is CC(C)c1coc(NC(=O)OC(C)(C)C)c1. The van der Waals surface area contributed by atoms with Gasteiger partial charge >= 0.3 is 6.09 Å². The van der Waals surface area contributed by atoms with E-state index in [9.17, 15) is 4.79 Å². The summed E-state index contributed by atoms with van der Waals surface area (Å²) in [5.41, 5.74) is 0.545. The summed E-state index contributed by atoms with van der Waals surface area (Å²) in [5, 5.41) is 2.55. The van der Waals surface area contributed by atoms with Gasteiger partial charge in [0.2, 0.25) is 5.88 Å². The van der Waals surface area contributed by atoms with E-state index in [-0.39, 0.29) is 0 Å². The molecule has 1 N–H and O–H groups in total. The second-order valence-corrected chi connectivity index (χ2v) is 5.03. The van der Waals surface area contributed by atoms with Crippen molar-refractivity contribution in [2.45, 2.75) is 46.1 Å². The Labute approximate surface area is 96.0 Å². The number of anilines is 1. The van der Waals surface area contributed by atoms with Crippen LogP contribution in [0.1, 0.15) is 46.1 Å². The third-order valence-electron chi connectivity index (χ3n) is 1.91. The average molecular weight is 225 g/mol. The summed E-state index contributed by atoms with van der Waals surface area (Å²) in [6, 6.07) is 1.80. The molecule has 0 bridgehead atoms. The van der Waals surface area contributed by atoms with Gasteiger partial charge in [0.1, 0.15) is 5.60 Å². The molecule has 1 aromatic heterocycles. The Morgan fingerprint density at radius 2 is 2.06 bits per heavy atom. The summed E-state index contributed by atoms with van der Waals surface area (Å²) >= 11 is 0. The number of furan rings is 1. The maximum absolute atomic E-state index is 11.4. The molecular formula is C12H19NO3. The number of nitrogens with one attached hydrogen (secondary N) is 1. The van der Waals surface area contributed by atoms with E-state index in [0.29, 0.717) is 11.8 Å². The summed E-state index contributed by atoms with van der Waals surface area (Å²) in [4.78, 5) is 11.4. The fourth-order valence-corrected chi connectivity index (χ4v) is 1.12. The number of carbonyl (C=O) groups excluding carboxylic acids is 1. The third-order valence-corrected chi connectivity index (χ3v) is 1.91. The zero-order chi connectivity index (χ0) is 12.3. The fourth-order valence-electron chi connectivity index (χ4n) is 1.12. The largest absolute Gasteiger partial charge is 0.448 e. The molecule has 90 valence electrons. The van der Waals surface area contributed by atoms with Crippen molar-refractivity contribution >= 4 is 12.0 Å². The topological polar surface area (TPSA) is 51.5 Å². The lowest BCUT2D eigenvalue weighted by molar-refractivity contribution is 0.0632. The van der Waals surface area contributed by atoms with Crippen molar-refractivity contribution in [3.63, 3.8) is 0 Å². The molecule has 0 aliphatic rings. The molecule has 4 nitrogen and oxygen atoms in total. The van der Waals surface area contributed by atoms with Gasteiger partial charge in [-0.25, -0.2) is 4.79 Å². The Morgan fingerprint density at radius 3 is 2.50 bits per heavy atom. The molecule has 0 aliphatic carbocycles. The van der Waals surface area contributed by atoms with Crippen molar-refractivity contribution in [2.24, 2.45) is 0 Å². The molecule has 0 saturated heterocycles. The zero-order valence-electron chi connectivity index (χ0n) is 10.5. The van der Waals surface area contributed by atoms with Gasteiger partial charge in [0, 0.05) is 6.07 Å². The molecule has 0 saturated carbocycles. The van der Waals surface area contributed by atoms with Gasteiger partial charge in [-0.2, -0.15) is 0 Å². The summed E-state index contributed by atoms with van der Waals surface area (Å²) < 4.78 is 10.3. The first-order valence-corrected chi connectivity index (χ1v) is 5.36. The Morgan fingerprint density at radius 1 is 1.44 bits per heavy atom. The highest BCUT2D eigenvalue weighted by Gasteiger charge is 2.17. The lowest BCUT2D eigenvalue weighted by atomic mass is 10.1. The minimum atomic E-state index is -0.503. The Kier molecular flexibility index (Phi) is 3.62. The van der Waals surface area contributed by atoms with Crippen molar-refractivity contribution in [2.75, 3.05) is 5.32 Å². The van der Waals surface area contributed by atoms with Crippen LogP contribution in [0.25, 0.3) is 0 Å². The van der Waals surface area contributed by atoms with Crippen LogP contribution < -0.4 is 5.32 Å². The molecule has 0 atom stereocenters. The Hall–Kier alpha value is -1.45. The highest BCUT2D eigenvalue weighted by atomic mass is 16.6. The standard InChI is InChI=1S/C12H19NO3/c1-8(2)9-6-10(15-7-9)13-11(14)16-12(3,4)5/h6-8H,1-5H3,(H,13,14). The highest BCUT2D eigenvalue weighted by Crippen LogP contribution is 2.21. The van der Waals surface area contributed by atoms with Crippen LogP contribution in [0.5, 0.6) is 0 Å². The predicted molar refractivity (Wildman–Crippen MR) is 62.7 cm³/mol. The number of ether oxygens (including phenoxy) is 1. The van der Waals surface area contributed by atoms with E-state index in [1.165, 1.54) is 0 Å². The molecular weight excluding hydrogens is 206 g/mol. The maximum atomic E-state index is 11.4. The number of hydrogen-bond donors (Lipinski definition) is 1. The monoisotopic (exact) mass is 225 g/mol. The number of rotatable bonds is 2. The fraction of sp³-hybridized carbons (Fsp3) is 0.583. The van der Waals surface area contributed by atoms with E-state index in [1.54, 1.807) is 12.3 Å². The normalized spacial score (nSPS) is 11.6. The van der Waals surface area contributed by atoms with E-state index < -0.39 is 11.7 Å². The number of amides is 1. The Balaban J connectivity index is 2.57. The van der Waals surface area contributed by atoms with Crippen molar-refractivity contribution < 1.29 is 13.9 Å². The van der Waals surface area contributed by atoms with Crippen LogP contribution >= 0.6 is 0 Å². The molecule has 16 heavy (non-hydrogen) atoms. The van der Waals surface area contributed by atoms with E-state index in [2.05, 4.69) is 19.2 Å². The minimum absolute atomic E-state index is 0.373. The number of hydrogen-bond acceptors (Lipinski definition) is 3. The average Bonchev–Trinajstić information content (AvgIpc) is 2.48. The van der Waals surface area contributed by atoms with Crippen LogP contribution in [-0.2, 0) is 4.74 Å². The van der Waals surface area contributed by atoms with Gasteiger partial charge in [-0.3, -0.25) is 5.32 Å². The smallest absolute Gasteiger partial charge is 0.414 e. The molecule has 0 fully saturated rings. The molecule has 0 unspecified atom stereocenters. The van der Waals surface area contributed by atoms with Crippen molar-refractivity contribution in [1.29, 1.82) is 0 Å². The van der Waals surface area contributed by atoms with Gasteiger partial charge < -0.3 is 9.15 Å². The summed E-state index contributed by atoms with van der Waals surface area (Å²) in [6.07, 6.45) is 1.13. The lowest BCUT2D eigenvalue weighted by Gasteiger charge is -2.18. The quantitative estimate of drug-likeness (QED) is 0.833. The molecule has 1 aromatic rings. The maximum Gasteiger partial charge on any atom is 0.414 e. The van der Waals surface area contributed by atoms with Crippen molar-refractivity contribution in [3.8, 4) is 0 Å². The molecule has 1 heterocycles. The summed E-state index contributed by atoms with van der Waals surface area (Å²) in [7, 11) is 0. The second-order valence-electron chi connectivity index (χ2n) is 5.03. The minimum Gasteiger partial charge on any atom is -0.448 e. The van der Waals surface area contributed by atoms with Gasteiger partial charge in [-0.1, -0.05) is 13.8 Å². The van der Waals surface area contributed by atoms with Crippen LogP contribution in [-0.4, -0.2) is 11.7 Å². The van der Waals surface area contributed by atoms with Gasteiger partial charge in [0.15, 0.2) is 0 Å². The second kappa shape index (κ2) is 4.60. The lowest BCUT2D eigenvalue weighted by Crippen LogP contribution is -2.27. The molecule has 0 radical (unpaired) electrons. The van der Waals surface area contributed by atoms with Crippen LogP contribution in [0.3, 0.4) is 0 Å². The molecule has 0 aromatic carbocycles. The van der Waals surface area contributed by atoms with Crippen LogP contribution in [0, 0.1) is 0 Å². The van der Waals surface area contributed by atoms with Gasteiger partial charge in [-0.15, -0.1) is 0 Å². The first kappa shape index (κ1) is 12.6. The van der Waals surface area contributed by atoms with E-state index in [4.69, 9.17) is 9.15 Å². The van der Waals surface area contributed by atoms with Crippen molar-refractivity contribution in [1.82, 2.24) is 0 Å². The first-order chi connectivity index (χ1) is 7.28. The van der Waals surface area contributed by atoms with Crippen LogP contribution in [0.4, 0.5) is 10.7 Å². The molecule has 1 rings (SSSR count).